The van der Waals surface area contributed by atoms with Gasteiger partial charge in [-0.3, -0.25) is 0 Å². The van der Waals surface area contributed by atoms with E-state index >= 15 is 0 Å². The molecule has 4 aliphatic carbocycles. The summed E-state index contributed by atoms with van der Waals surface area (Å²) in [4.78, 5) is 0. The Morgan fingerprint density at radius 3 is 2.76 bits per heavy atom. The zero-order valence-corrected chi connectivity index (χ0v) is 17.9. The molecule has 25 heavy (non-hydrogen) atoms. The van der Waals surface area contributed by atoms with Crippen molar-refractivity contribution in [1.82, 2.24) is 0 Å². The topological polar surface area (TPSA) is 0 Å². The van der Waals surface area contributed by atoms with Crippen molar-refractivity contribution in [1.29, 1.82) is 0 Å². The highest BCUT2D eigenvalue weighted by Crippen LogP contribution is 2.49. The maximum atomic E-state index is 3.88. The standard InChI is InChI=1S/C24H35I/c1-2-3-4-17-5-6-19-14-20(8-7-18(19)13-17)21-9-10-23-16-24(25)12-11-22(23)15-21/h2,8,13,18-19,21-24H,1,3-7,9-12,14-16H2. The van der Waals surface area contributed by atoms with E-state index in [0.29, 0.717) is 0 Å². The highest BCUT2D eigenvalue weighted by atomic mass is 127. The Morgan fingerprint density at radius 1 is 1.04 bits per heavy atom. The highest BCUT2D eigenvalue weighted by molar-refractivity contribution is 14.1. The van der Waals surface area contributed by atoms with Crippen molar-refractivity contribution in [3.8, 4) is 0 Å². The average Bonchev–Trinajstić information content (AvgIpc) is 2.65. The molecule has 6 atom stereocenters. The lowest BCUT2D eigenvalue weighted by atomic mass is 9.63. The van der Waals surface area contributed by atoms with Gasteiger partial charge in [0, 0.05) is 3.92 Å². The molecule has 4 aliphatic rings. The molecule has 0 aromatic carbocycles. The predicted molar refractivity (Wildman–Crippen MR) is 117 cm³/mol. The lowest BCUT2D eigenvalue weighted by molar-refractivity contribution is 0.143. The summed E-state index contributed by atoms with van der Waals surface area (Å²) < 4.78 is 0.967. The van der Waals surface area contributed by atoms with E-state index in [1.807, 2.05) is 5.57 Å². The van der Waals surface area contributed by atoms with E-state index in [1.165, 1.54) is 70.6 Å². The second-order valence-electron chi connectivity index (χ2n) is 9.27. The number of hydrogen-bond acceptors (Lipinski definition) is 0. The van der Waals surface area contributed by atoms with E-state index in [2.05, 4.69) is 47.4 Å². The van der Waals surface area contributed by atoms with Gasteiger partial charge in [0.05, 0.1) is 0 Å². The minimum Gasteiger partial charge on any atom is -0.103 e. The average molecular weight is 450 g/mol. The molecule has 4 rings (SSSR count). The number of fused-ring (bicyclic) bond motifs is 2. The van der Waals surface area contributed by atoms with Gasteiger partial charge < -0.3 is 0 Å². The van der Waals surface area contributed by atoms with E-state index in [-0.39, 0.29) is 0 Å². The summed E-state index contributed by atoms with van der Waals surface area (Å²) in [6, 6.07) is 0. The zero-order valence-electron chi connectivity index (χ0n) is 15.8. The first-order valence-electron chi connectivity index (χ1n) is 10.9. The van der Waals surface area contributed by atoms with Gasteiger partial charge >= 0.3 is 0 Å². The van der Waals surface area contributed by atoms with Crippen LogP contribution in [-0.4, -0.2) is 3.92 Å². The number of alkyl halides is 1. The van der Waals surface area contributed by atoms with Gasteiger partial charge in [-0.25, -0.2) is 0 Å². The van der Waals surface area contributed by atoms with Gasteiger partial charge in [-0.1, -0.05) is 52.0 Å². The van der Waals surface area contributed by atoms with Crippen molar-refractivity contribution in [2.24, 2.45) is 29.6 Å². The van der Waals surface area contributed by atoms with Crippen LogP contribution < -0.4 is 0 Å². The normalized spacial score (nSPS) is 41.2. The first-order valence-corrected chi connectivity index (χ1v) is 12.1. The fourth-order valence-corrected chi connectivity index (χ4v) is 7.31. The van der Waals surface area contributed by atoms with E-state index in [1.54, 1.807) is 5.57 Å². The molecule has 0 saturated heterocycles. The van der Waals surface area contributed by atoms with Gasteiger partial charge in [-0.15, -0.1) is 6.58 Å². The molecule has 0 radical (unpaired) electrons. The summed E-state index contributed by atoms with van der Waals surface area (Å²) in [5, 5.41) is 0. The van der Waals surface area contributed by atoms with Crippen LogP contribution in [0.2, 0.25) is 0 Å². The Morgan fingerprint density at radius 2 is 1.88 bits per heavy atom. The second kappa shape index (κ2) is 8.31. The van der Waals surface area contributed by atoms with Crippen molar-refractivity contribution < 1.29 is 0 Å². The first kappa shape index (κ1) is 18.3. The molecule has 138 valence electrons. The molecule has 0 N–H and O–H groups in total. The van der Waals surface area contributed by atoms with Crippen molar-refractivity contribution in [3.05, 3.63) is 36.0 Å². The monoisotopic (exact) mass is 450 g/mol. The maximum absolute atomic E-state index is 3.88. The quantitative estimate of drug-likeness (QED) is 0.235. The molecule has 0 heterocycles. The molecule has 2 fully saturated rings. The number of rotatable bonds is 4. The summed E-state index contributed by atoms with van der Waals surface area (Å²) in [5.41, 5.74) is 3.59. The number of halogens is 1. The Hall–Kier alpha value is -0.0500. The van der Waals surface area contributed by atoms with Crippen LogP contribution in [0.5, 0.6) is 0 Å². The van der Waals surface area contributed by atoms with Crippen LogP contribution >= 0.6 is 22.6 Å². The predicted octanol–water partition coefficient (Wildman–Crippen LogP) is 7.65. The lowest BCUT2D eigenvalue weighted by Gasteiger charge is -2.43. The summed E-state index contributed by atoms with van der Waals surface area (Å²) in [7, 11) is 0. The van der Waals surface area contributed by atoms with E-state index in [4.69, 9.17) is 0 Å². The maximum Gasteiger partial charge on any atom is 0.0112 e. The van der Waals surface area contributed by atoms with Crippen molar-refractivity contribution in [2.75, 3.05) is 0 Å². The van der Waals surface area contributed by atoms with Crippen LogP contribution in [-0.2, 0) is 0 Å². The summed E-state index contributed by atoms with van der Waals surface area (Å²) in [6.07, 6.45) is 24.4. The van der Waals surface area contributed by atoms with E-state index in [9.17, 15) is 0 Å². The third-order valence-electron chi connectivity index (χ3n) is 7.78. The van der Waals surface area contributed by atoms with Gasteiger partial charge in [-0.2, -0.15) is 0 Å². The van der Waals surface area contributed by atoms with E-state index in [0.717, 1.165) is 39.9 Å². The first-order chi connectivity index (χ1) is 12.2. The largest absolute Gasteiger partial charge is 0.103 e. The Bertz CT molecular complexity index is 542. The van der Waals surface area contributed by atoms with Gasteiger partial charge in [-0.05, 0) is 107 Å². The lowest BCUT2D eigenvalue weighted by Crippen LogP contribution is -2.33. The molecule has 0 aromatic rings. The number of allylic oxidation sites excluding steroid dienone is 5. The van der Waals surface area contributed by atoms with Crippen LogP contribution in [0.4, 0.5) is 0 Å². The van der Waals surface area contributed by atoms with Crippen molar-refractivity contribution in [2.45, 2.75) is 81.0 Å². The third-order valence-corrected chi connectivity index (χ3v) is 8.92. The molecule has 0 aromatic heterocycles. The SMILES string of the molecule is C=CCCC1=CC2CC=C(C3CCC4CC(I)CCC4C3)CC2CC1. The van der Waals surface area contributed by atoms with Gasteiger partial charge in [0.25, 0.3) is 0 Å². The molecule has 0 amide bonds. The van der Waals surface area contributed by atoms with Gasteiger partial charge in [0.1, 0.15) is 0 Å². The third kappa shape index (κ3) is 4.28. The Labute approximate surface area is 168 Å². The van der Waals surface area contributed by atoms with E-state index < -0.39 is 0 Å². The van der Waals surface area contributed by atoms with Crippen molar-refractivity contribution in [3.63, 3.8) is 0 Å². The fourth-order valence-electron chi connectivity index (χ4n) is 6.29. The molecular formula is C24H35I. The smallest absolute Gasteiger partial charge is 0.0112 e. The van der Waals surface area contributed by atoms with Crippen LogP contribution in [0.15, 0.2) is 36.0 Å². The molecule has 2 saturated carbocycles. The summed E-state index contributed by atoms with van der Waals surface area (Å²) in [6.45, 7) is 3.88. The second-order valence-corrected chi connectivity index (χ2v) is 11.0. The number of hydrogen-bond donors (Lipinski definition) is 0. The van der Waals surface area contributed by atoms with Crippen LogP contribution in [0.25, 0.3) is 0 Å². The fraction of sp³-hybridized carbons (Fsp3) is 0.750. The summed E-state index contributed by atoms with van der Waals surface area (Å²) in [5.74, 6) is 4.87. The zero-order chi connectivity index (χ0) is 17.2. The van der Waals surface area contributed by atoms with Crippen molar-refractivity contribution >= 4 is 22.6 Å². The summed E-state index contributed by atoms with van der Waals surface area (Å²) >= 11 is 2.70. The molecule has 0 spiro atoms. The molecule has 6 unspecified atom stereocenters. The minimum absolute atomic E-state index is 0.850. The van der Waals surface area contributed by atoms with Crippen LogP contribution in [0.3, 0.4) is 0 Å². The Balaban J connectivity index is 1.36. The molecule has 0 aliphatic heterocycles. The molecule has 0 nitrogen and oxygen atoms in total. The Kier molecular flexibility index (Phi) is 6.09. The van der Waals surface area contributed by atoms with Crippen LogP contribution in [0.1, 0.15) is 77.0 Å². The highest BCUT2D eigenvalue weighted by Gasteiger charge is 2.37. The minimum atomic E-state index is 0.850. The van der Waals surface area contributed by atoms with Gasteiger partial charge in [0.2, 0.25) is 0 Å². The molecule has 1 heteroatoms. The molecular weight excluding hydrogens is 415 g/mol. The molecule has 0 bridgehead atoms. The van der Waals surface area contributed by atoms with Gasteiger partial charge in [0.15, 0.2) is 0 Å². The van der Waals surface area contributed by atoms with Crippen LogP contribution in [0, 0.1) is 29.6 Å².